The summed E-state index contributed by atoms with van der Waals surface area (Å²) in [6, 6.07) is 8.96. The highest BCUT2D eigenvalue weighted by Gasteiger charge is 2.08. The van der Waals surface area contributed by atoms with Crippen LogP contribution < -0.4 is 10.1 Å². The number of ether oxygens (including phenoxy) is 1. The molecule has 0 bridgehead atoms. The van der Waals surface area contributed by atoms with E-state index in [1.807, 2.05) is 7.05 Å². The Morgan fingerprint density at radius 2 is 1.71 bits per heavy atom. The lowest BCUT2D eigenvalue weighted by Crippen LogP contribution is -2.09. The lowest BCUT2D eigenvalue weighted by atomic mass is 10.0. The first-order valence-electron chi connectivity index (χ1n) is 7.14. The van der Waals surface area contributed by atoms with Crippen molar-refractivity contribution in [2.45, 2.75) is 33.9 Å². The fraction of sp³-hybridized carbons (Fsp3) is 0.333. The molecule has 1 N–H and O–H groups in total. The van der Waals surface area contributed by atoms with Crippen molar-refractivity contribution < 1.29 is 9.13 Å². The molecule has 2 aromatic rings. The van der Waals surface area contributed by atoms with Gasteiger partial charge < -0.3 is 10.1 Å². The van der Waals surface area contributed by atoms with Crippen LogP contribution in [0, 0.1) is 26.6 Å². The molecule has 0 aliphatic carbocycles. The standard InChI is InChI=1S/C18H22FNO/c1-12-7-13(2)17(14(3)8-12)11-21-18-6-5-16(19)9-15(18)10-20-4/h5-9,20H,10-11H2,1-4H3. The van der Waals surface area contributed by atoms with E-state index in [1.165, 1.54) is 34.4 Å². The summed E-state index contributed by atoms with van der Waals surface area (Å²) < 4.78 is 19.2. The Kier molecular flexibility index (Phi) is 4.97. The summed E-state index contributed by atoms with van der Waals surface area (Å²) in [7, 11) is 1.84. The lowest BCUT2D eigenvalue weighted by molar-refractivity contribution is 0.300. The van der Waals surface area contributed by atoms with Gasteiger partial charge in [-0.05, 0) is 62.7 Å². The van der Waals surface area contributed by atoms with Gasteiger partial charge in [-0.15, -0.1) is 0 Å². The zero-order valence-corrected chi connectivity index (χ0v) is 13.1. The summed E-state index contributed by atoms with van der Waals surface area (Å²) in [4.78, 5) is 0. The van der Waals surface area contributed by atoms with E-state index < -0.39 is 0 Å². The molecule has 2 nitrogen and oxygen atoms in total. The van der Waals surface area contributed by atoms with Crippen molar-refractivity contribution in [2.75, 3.05) is 7.05 Å². The molecule has 3 heteroatoms. The van der Waals surface area contributed by atoms with Gasteiger partial charge in [-0.3, -0.25) is 0 Å². The fourth-order valence-corrected chi connectivity index (χ4v) is 2.60. The van der Waals surface area contributed by atoms with Gasteiger partial charge in [0.1, 0.15) is 18.2 Å². The monoisotopic (exact) mass is 287 g/mol. The third kappa shape index (κ3) is 3.82. The number of aryl methyl sites for hydroxylation is 3. The highest BCUT2D eigenvalue weighted by molar-refractivity contribution is 5.38. The quantitative estimate of drug-likeness (QED) is 0.895. The smallest absolute Gasteiger partial charge is 0.124 e. The van der Waals surface area contributed by atoms with E-state index in [4.69, 9.17) is 4.74 Å². The molecule has 112 valence electrons. The second-order valence-electron chi connectivity index (χ2n) is 5.45. The summed E-state index contributed by atoms with van der Waals surface area (Å²) in [6.07, 6.45) is 0. The predicted octanol–water partition coefficient (Wildman–Crippen LogP) is 4.05. The Morgan fingerprint density at radius 1 is 1.05 bits per heavy atom. The zero-order valence-electron chi connectivity index (χ0n) is 13.1. The van der Waals surface area contributed by atoms with Crippen LogP contribution in [0.4, 0.5) is 4.39 Å². The topological polar surface area (TPSA) is 21.3 Å². The summed E-state index contributed by atoms with van der Waals surface area (Å²) in [5, 5.41) is 3.03. The van der Waals surface area contributed by atoms with Gasteiger partial charge in [-0.2, -0.15) is 0 Å². The Balaban J connectivity index is 2.20. The van der Waals surface area contributed by atoms with Crippen LogP contribution in [0.5, 0.6) is 5.75 Å². The predicted molar refractivity (Wildman–Crippen MR) is 84.1 cm³/mol. The van der Waals surface area contributed by atoms with E-state index in [0.717, 1.165) is 11.3 Å². The summed E-state index contributed by atoms with van der Waals surface area (Å²) in [5.74, 6) is 0.487. The fourth-order valence-electron chi connectivity index (χ4n) is 2.60. The van der Waals surface area contributed by atoms with Crippen molar-refractivity contribution >= 4 is 0 Å². The van der Waals surface area contributed by atoms with Crippen LogP contribution in [0.15, 0.2) is 30.3 Å². The molecule has 0 aliphatic rings. The van der Waals surface area contributed by atoms with Crippen molar-refractivity contribution in [3.8, 4) is 5.75 Å². The first kappa shape index (κ1) is 15.5. The minimum absolute atomic E-state index is 0.240. The lowest BCUT2D eigenvalue weighted by Gasteiger charge is -2.15. The van der Waals surface area contributed by atoms with Gasteiger partial charge in [0.25, 0.3) is 0 Å². The van der Waals surface area contributed by atoms with Gasteiger partial charge in [-0.1, -0.05) is 17.7 Å². The van der Waals surface area contributed by atoms with E-state index in [9.17, 15) is 4.39 Å². The maximum Gasteiger partial charge on any atom is 0.124 e. The minimum atomic E-state index is -0.240. The van der Waals surface area contributed by atoms with Crippen molar-refractivity contribution in [2.24, 2.45) is 0 Å². The van der Waals surface area contributed by atoms with Crippen molar-refractivity contribution in [3.05, 3.63) is 64.0 Å². The van der Waals surface area contributed by atoms with E-state index in [1.54, 1.807) is 6.07 Å². The molecule has 0 atom stereocenters. The van der Waals surface area contributed by atoms with Gasteiger partial charge in [-0.25, -0.2) is 4.39 Å². The Hall–Kier alpha value is -1.87. The number of rotatable bonds is 5. The van der Waals surface area contributed by atoms with Gasteiger partial charge >= 0.3 is 0 Å². The molecule has 0 spiro atoms. The van der Waals surface area contributed by atoms with Gasteiger partial charge in [0.15, 0.2) is 0 Å². The third-order valence-electron chi connectivity index (χ3n) is 3.60. The van der Waals surface area contributed by atoms with Crippen LogP contribution in [-0.4, -0.2) is 7.05 Å². The van der Waals surface area contributed by atoms with E-state index in [0.29, 0.717) is 13.2 Å². The van der Waals surface area contributed by atoms with Gasteiger partial charge in [0.2, 0.25) is 0 Å². The second kappa shape index (κ2) is 6.72. The molecule has 0 amide bonds. The largest absolute Gasteiger partial charge is 0.489 e. The molecule has 0 saturated heterocycles. The number of halogens is 1. The summed E-state index contributed by atoms with van der Waals surface area (Å²) in [5.41, 5.74) is 5.74. The average Bonchev–Trinajstić information content (AvgIpc) is 2.40. The number of nitrogens with one attached hydrogen (secondary N) is 1. The molecule has 21 heavy (non-hydrogen) atoms. The van der Waals surface area contributed by atoms with Crippen LogP contribution in [0.2, 0.25) is 0 Å². The van der Waals surface area contributed by atoms with Crippen LogP contribution in [-0.2, 0) is 13.2 Å². The number of hydrogen-bond donors (Lipinski definition) is 1. The van der Waals surface area contributed by atoms with Crippen LogP contribution >= 0.6 is 0 Å². The van der Waals surface area contributed by atoms with Crippen molar-refractivity contribution in [1.29, 1.82) is 0 Å². The van der Waals surface area contributed by atoms with Gasteiger partial charge in [0.05, 0.1) is 0 Å². The Morgan fingerprint density at radius 3 is 2.33 bits per heavy atom. The Bertz CT molecular complexity index is 614. The zero-order chi connectivity index (χ0) is 15.4. The third-order valence-corrected chi connectivity index (χ3v) is 3.60. The SMILES string of the molecule is CNCc1cc(F)ccc1OCc1c(C)cc(C)cc1C. The molecule has 0 aliphatic heterocycles. The first-order valence-corrected chi connectivity index (χ1v) is 7.14. The molecule has 0 saturated carbocycles. The maximum atomic E-state index is 13.3. The Labute approximate surface area is 126 Å². The summed E-state index contributed by atoms with van der Waals surface area (Å²) >= 11 is 0. The maximum absolute atomic E-state index is 13.3. The van der Waals surface area contributed by atoms with E-state index in [2.05, 4.69) is 38.2 Å². The normalized spacial score (nSPS) is 10.7. The molecule has 2 aromatic carbocycles. The van der Waals surface area contributed by atoms with Crippen molar-refractivity contribution in [3.63, 3.8) is 0 Å². The van der Waals surface area contributed by atoms with Crippen molar-refractivity contribution in [1.82, 2.24) is 5.32 Å². The minimum Gasteiger partial charge on any atom is -0.489 e. The highest BCUT2D eigenvalue weighted by atomic mass is 19.1. The van der Waals surface area contributed by atoms with E-state index >= 15 is 0 Å². The van der Waals surface area contributed by atoms with Gasteiger partial charge in [0, 0.05) is 12.1 Å². The second-order valence-corrected chi connectivity index (χ2v) is 5.45. The molecular formula is C18H22FNO. The summed E-state index contributed by atoms with van der Waals surface area (Å²) in [6.45, 7) is 7.37. The molecular weight excluding hydrogens is 265 g/mol. The number of hydrogen-bond acceptors (Lipinski definition) is 2. The first-order chi connectivity index (χ1) is 10.0. The molecule has 0 radical (unpaired) electrons. The van der Waals surface area contributed by atoms with Crippen LogP contribution in [0.3, 0.4) is 0 Å². The van der Waals surface area contributed by atoms with E-state index in [-0.39, 0.29) is 5.82 Å². The molecule has 0 heterocycles. The molecule has 2 rings (SSSR count). The highest BCUT2D eigenvalue weighted by Crippen LogP contribution is 2.23. The molecule has 0 unspecified atom stereocenters. The average molecular weight is 287 g/mol. The van der Waals surface area contributed by atoms with Crippen LogP contribution in [0.25, 0.3) is 0 Å². The molecule has 0 aromatic heterocycles. The number of benzene rings is 2. The molecule has 0 fully saturated rings. The van der Waals surface area contributed by atoms with Crippen LogP contribution in [0.1, 0.15) is 27.8 Å².